The molecule has 1 aromatic rings. The highest BCUT2D eigenvalue weighted by atomic mass is 35.5. The van der Waals surface area contributed by atoms with Crippen molar-refractivity contribution in [2.45, 2.75) is 19.3 Å². The molecule has 0 atom stereocenters. The Balaban J connectivity index is 2.81. The lowest BCUT2D eigenvalue weighted by Gasteiger charge is -2.06. The summed E-state index contributed by atoms with van der Waals surface area (Å²) in [7, 11) is 1.44. The average Bonchev–Trinajstić information content (AvgIpc) is 2.31. The van der Waals surface area contributed by atoms with Crippen LogP contribution in [0.4, 0.5) is 0 Å². The maximum absolute atomic E-state index is 10.5. The molecule has 0 aliphatic carbocycles. The van der Waals surface area contributed by atoms with Crippen LogP contribution in [0.1, 0.15) is 24.8 Å². The number of carbonyl (C=O) groups is 1. The Labute approximate surface area is 115 Å². The highest BCUT2D eigenvalue weighted by Gasteiger charge is 2.08. The first kappa shape index (κ1) is 14.8. The Morgan fingerprint density at radius 1 is 1.33 bits per heavy atom. The molecule has 6 heteroatoms. The van der Waals surface area contributed by atoms with Crippen molar-refractivity contribution in [3.8, 4) is 0 Å². The standard InChI is InChI=1S/C12H13Cl2NO3/c1-18-15-11(3-2-4-12(16)17)8-5-6-9(13)10(14)7-8/h5-7H,2-4H2,1H3,(H,16,17). The quantitative estimate of drug-likeness (QED) is 0.643. The third-order valence-corrected chi connectivity index (χ3v) is 3.00. The van der Waals surface area contributed by atoms with E-state index in [9.17, 15) is 4.79 Å². The first-order chi connectivity index (χ1) is 8.54. The molecular weight excluding hydrogens is 277 g/mol. The smallest absolute Gasteiger partial charge is 0.303 e. The molecule has 0 unspecified atom stereocenters. The van der Waals surface area contributed by atoms with E-state index in [1.807, 2.05) is 0 Å². The number of benzene rings is 1. The Bertz CT molecular complexity index is 461. The number of carboxylic acids is 1. The van der Waals surface area contributed by atoms with Crippen LogP contribution in [-0.4, -0.2) is 23.9 Å². The minimum atomic E-state index is -0.832. The van der Waals surface area contributed by atoms with Crippen LogP contribution in [0, 0.1) is 0 Å². The molecule has 4 nitrogen and oxygen atoms in total. The van der Waals surface area contributed by atoms with Crippen molar-refractivity contribution in [3.05, 3.63) is 33.8 Å². The minimum absolute atomic E-state index is 0.0874. The van der Waals surface area contributed by atoms with Crippen molar-refractivity contribution in [2.24, 2.45) is 5.16 Å². The van der Waals surface area contributed by atoms with Crippen molar-refractivity contribution in [3.63, 3.8) is 0 Å². The van der Waals surface area contributed by atoms with Crippen molar-refractivity contribution >= 4 is 34.9 Å². The number of carboxylic acid groups (broad SMARTS) is 1. The molecule has 18 heavy (non-hydrogen) atoms. The molecule has 0 aliphatic heterocycles. The van der Waals surface area contributed by atoms with Crippen LogP contribution in [0.5, 0.6) is 0 Å². The molecule has 0 bridgehead atoms. The van der Waals surface area contributed by atoms with Gasteiger partial charge in [-0.05, 0) is 25.0 Å². The van der Waals surface area contributed by atoms with Crippen molar-refractivity contribution in [2.75, 3.05) is 7.11 Å². The molecule has 1 aromatic carbocycles. The molecule has 0 fully saturated rings. The largest absolute Gasteiger partial charge is 0.481 e. The Morgan fingerprint density at radius 3 is 2.61 bits per heavy atom. The van der Waals surface area contributed by atoms with Gasteiger partial charge in [-0.2, -0.15) is 0 Å². The zero-order valence-corrected chi connectivity index (χ0v) is 11.3. The average molecular weight is 290 g/mol. The van der Waals surface area contributed by atoms with Gasteiger partial charge in [0, 0.05) is 12.0 Å². The fraction of sp³-hybridized carbons (Fsp3) is 0.333. The van der Waals surface area contributed by atoms with E-state index in [0.717, 1.165) is 5.56 Å². The van der Waals surface area contributed by atoms with E-state index < -0.39 is 5.97 Å². The summed E-state index contributed by atoms with van der Waals surface area (Å²) in [6.07, 6.45) is 1.07. The van der Waals surface area contributed by atoms with Gasteiger partial charge in [-0.15, -0.1) is 0 Å². The lowest BCUT2D eigenvalue weighted by Crippen LogP contribution is -2.04. The number of rotatable bonds is 6. The van der Waals surface area contributed by atoms with Gasteiger partial charge in [0.15, 0.2) is 0 Å². The second-order valence-corrected chi connectivity index (χ2v) is 4.41. The van der Waals surface area contributed by atoms with Gasteiger partial charge in [-0.25, -0.2) is 0 Å². The summed E-state index contributed by atoms with van der Waals surface area (Å²) in [6.45, 7) is 0. The normalized spacial score (nSPS) is 11.4. The Hall–Kier alpha value is -1.26. The summed E-state index contributed by atoms with van der Waals surface area (Å²) < 4.78 is 0. The van der Waals surface area contributed by atoms with Gasteiger partial charge in [-0.1, -0.05) is 34.4 Å². The molecule has 0 aromatic heterocycles. The summed E-state index contributed by atoms with van der Waals surface area (Å²) in [5.41, 5.74) is 1.42. The maximum Gasteiger partial charge on any atom is 0.303 e. The second-order valence-electron chi connectivity index (χ2n) is 3.60. The van der Waals surface area contributed by atoms with Crippen LogP contribution in [0.15, 0.2) is 23.4 Å². The molecule has 0 heterocycles. The highest BCUT2D eigenvalue weighted by molar-refractivity contribution is 6.42. The third-order valence-electron chi connectivity index (χ3n) is 2.26. The van der Waals surface area contributed by atoms with E-state index in [1.54, 1.807) is 18.2 Å². The third kappa shape index (κ3) is 4.55. The fourth-order valence-electron chi connectivity index (χ4n) is 1.44. The summed E-state index contributed by atoms with van der Waals surface area (Å²) >= 11 is 11.7. The molecule has 0 radical (unpaired) electrons. The lowest BCUT2D eigenvalue weighted by molar-refractivity contribution is -0.137. The van der Waals surface area contributed by atoms with Crippen LogP contribution in [0.25, 0.3) is 0 Å². The maximum atomic E-state index is 10.5. The zero-order valence-electron chi connectivity index (χ0n) is 9.82. The van der Waals surface area contributed by atoms with Crippen molar-refractivity contribution in [1.29, 1.82) is 0 Å². The van der Waals surface area contributed by atoms with E-state index in [-0.39, 0.29) is 6.42 Å². The van der Waals surface area contributed by atoms with E-state index >= 15 is 0 Å². The molecule has 1 N–H and O–H groups in total. The number of hydrogen-bond donors (Lipinski definition) is 1. The van der Waals surface area contributed by atoms with Crippen molar-refractivity contribution in [1.82, 2.24) is 0 Å². The monoisotopic (exact) mass is 289 g/mol. The van der Waals surface area contributed by atoms with Gasteiger partial charge in [-0.3, -0.25) is 4.79 Å². The van der Waals surface area contributed by atoms with E-state index in [2.05, 4.69) is 5.16 Å². The van der Waals surface area contributed by atoms with Gasteiger partial charge in [0.1, 0.15) is 7.11 Å². The summed E-state index contributed by atoms with van der Waals surface area (Å²) in [5.74, 6) is -0.832. The number of nitrogens with zero attached hydrogens (tertiary/aromatic N) is 1. The minimum Gasteiger partial charge on any atom is -0.481 e. The molecule has 1 rings (SSSR count). The van der Waals surface area contributed by atoms with E-state index in [4.69, 9.17) is 33.1 Å². The molecule has 0 saturated heterocycles. The summed E-state index contributed by atoms with van der Waals surface area (Å²) in [4.78, 5) is 15.2. The SMILES string of the molecule is CON=C(CCCC(=O)O)c1ccc(Cl)c(Cl)c1. The van der Waals surface area contributed by atoms with Gasteiger partial charge in [0.05, 0.1) is 15.8 Å². The van der Waals surface area contributed by atoms with E-state index in [1.165, 1.54) is 7.11 Å². The first-order valence-electron chi connectivity index (χ1n) is 5.32. The van der Waals surface area contributed by atoms with Gasteiger partial charge in [0.25, 0.3) is 0 Å². The van der Waals surface area contributed by atoms with Crippen molar-refractivity contribution < 1.29 is 14.7 Å². The molecule has 0 amide bonds. The zero-order chi connectivity index (χ0) is 13.5. The second kappa shape index (κ2) is 7.24. The van der Waals surface area contributed by atoms with E-state index in [0.29, 0.717) is 28.6 Å². The first-order valence-corrected chi connectivity index (χ1v) is 6.07. The fourth-order valence-corrected chi connectivity index (χ4v) is 1.73. The number of oxime groups is 1. The van der Waals surface area contributed by atoms with Gasteiger partial charge < -0.3 is 9.94 Å². The summed E-state index contributed by atoms with van der Waals surface area (Å²) in [5, 5.41) is 13.4. The van der Waals surface area contributed by atoms with Gasteiger partial charge >= 0.3 is 5.97 Å². The van der Waals surface area contributed by atoms with Crippen LogP contribution < -0.4 is 0 Å². The number of aliphatic carboxylic acids is 1. The molecule has 98 valence electrons. The van der Waals surface area contributed by atoms with Crippen LogP contribution in [-0.2, 0) is 9.63 Å². The molecule has 0 saturated carbocycles. The summed E-state index contributed by atoms with van der Waals surface area (Å²) in [6, 6.07) is 5.12. The molecular formula is C12H13Cl2NO3. The number of halogens is 2. The predicted octanol–water partition coefficient (Wildman–Crippen LogP) is 3.60. The predicted molar refractivity (Wildman–Crippen MR) is 71.5 cm³/mol. The van der Waals surface area contributed by atoms with Crippen LogP contribution in [0.3, 0.4) is 0 Å². The van der Waals surface area contributed by atoms with Crippen LogP contribution >= 0.6 is 23.2 Å². The molecule has 0 aliphatic rings. The topological polar surface area (TPSA) is 58.9 Å². The number of hydrogen-bond acceptors (Lipinski definition) is 3. The molecule has 0 spiro atoms. The Kier molecular flexibility index (Phi) is 5.95. The highest BCUT2D eigenvalue weighted by Crippen LogP contribution is 2.23. The van der Waals surface area contributed by atoms with Crippen LogP contribution in [0.2, 0.25) is 10.0 Å². The lowest BCUT2D eigenvalue weighted by atomic mass is 10.0. The van der Waals surface area contributed by atoms with Gasteiger partial charge in [0.2, 0.25) is 0 Å². The Morgan fingerprint density at radius 2 is 2.06 bits per heavy atom.